The Balaban J connectivity index is 0.779. The van der Waals surface area contributed by atoms with E-state index in [1.54, 1.807) is 24.3 Å². The Morgan fingerprint density at radius 3 is 1.34 bits per heavy atom. The van der Waals surface area contributed by atoms with E-state index in [0.29, 0.717) is 69.0 Å². The van der Waals surface area contributed by atoms with Gasteiger partial charge in [0, 0.05) is 0 Å². The van der Waals surface area contributed by atoms with Crippen LogP contribution in [0, 0.1) is 46.3 Å². The lowest BCUT2D eigenvalue weighted by atomic mass is 9.47. The third-order valence-electron chi connectivity index (χ3n) is 25.2. The molecule has 0 aromatic heterocycles. The van der Waals surface area contributed by atoms with Crippen molar-refractivity contribution in [3.63, 3.8) is 0 Å². The van der Waals surface area contributed by atoms with Gasteiger partial charge in [-0.05, 0) is 257 Å². The van der Waals surface area contributed by atoms with E-state index in [9.17, 15) is 0 Å². The van der Waals surface area contributed by atoms with Gasteiger partial charge in [-0.1, -0.05) is 211 Å². The van der Waals surface area contributed by atoms with Gasteiger partial charge in [0.25, 0.3) is 0 Å². The lowest BCUT2D eigenvalue weighted by Crippen LogP contribution is -2.63. The van der Waals surface area contributed by atoms with Gasteiger partial charge in [-0.15, -0.1) is 0 Å². The highest BCUT2D eigenvalue weighted by Crippen LogP contribution is 2.67. The highest BCUT2D eigenvalue weighted by molar-refractivity contribution is 6.12. The quantitative estimate of drug-likeness (QED) is 0.0400. The summed E-state index contributed by atoms with van der Waals surface area (Å²) < 4.78 is 42.4. The summed E-state index contributed by atoms with van der Waals surface area (Å²) in [6.45, 7) is 11.9. The first-order valence-electron chi connectivity index (χ1n) is 37.6. The monoisotopic (exact) mass is 1360 g/mol. The number of hydrogen-bond donors (Lipinski definition) is 0. The van der Waals surface area contributed by atoms with E-state index in [-0.39, 0.29) is 22.1 Å². The Labute approximate surface area is 601 Å². The normalized spacial score (nSPS) is 25.7. The van der Waals surface area contributed by atoms with Crippen molar-refractivity contribution in [1.29, 1.82) is 0 Å². The van der Waals surface area contributed by atoms with Crippen LogP contribution in [0.3, 0.4) is 0 Å². The SMILES string of the molecule is CC(C)CCC[C@@H](C)[C@H]1CC[C@H]2[C@@H]3CC=C4C[C@@H](O[C@@H]5O[C@H](COC(=O)c6cccc7cc8ccccc8cc67)[C@@H](OC(=O)c6cccc7cc8ccccc8cc67)[C@H](OC(=O)c6cccc7cc8ccccc8cc67)[C@H]5OC(=O)c5cccc6cc7ccccc7cc56)CC[C@]4(C)[C@H]3CC[C@]12C. The van der Waals surface area contributed by atoms with E-state index in [0.717, 1.165) is 89.3 Å². The Hall–Kier alpha value is -9.74. The lowest BCUT2D eigenvalue weighted by Gasteiger charge is -2.58. The Morgan fingerprint density at radius 2 is 0.874 bits per heavy atom. The summed E-state index contributed by atoms with van der Waals surface area (Å²) >= 11 is 0. The molecule has 3 saturated carbocycles. The minimum atomic E-state index is -1.65. The molecule has 13 atom stereocenters. The van der Waals surface area contributed by atoms with Crippen LogP contribution in [0.2, 0.25) is 0 Å². The summed E-state index contributed by atoms with van der Waals surface area (Å²) in [5, 5.41) is 13.6. The molecule has 0 unspecified atom stereocenters. The van der Waals surface area contributed by atoms with Gasteiger partial charge in [0.05, 0.1) is 28.4 Å². The molecule has 0 radical (unpaired) electrons. The molecule has 0 spiro atoms. The molecule has 103 heavy (non-hydrogen) atoms. The first-order valence-corrected chi connectivity index (χ1v) is 37.6. The number of ether oxygens (including phenoxy) is 6. The van der Waals surface area contributed by atoms with Gasteiger partial charge in [-0.25, -0.2) is 19.2 Å². The third-order valence-corrected chi connectivity index (χ3v) is 25.2. The first-order chi connectivity index (χ1) is 50.1. The van der Waals surface area contributed by atoms with Crippen LogP contribution in [0.1, 0.15) is 147 Å². The van der Waals surface area contributed by atoms with E-state index in [4.69, 9.17) is 28.4 Å². The second-order valence-electron chi connectivity index (χ2n) is 31.4. The average molecular weight is 1370 g/mol. The molecule has 0 bridgehead atoms. The van der Waals surface area contributed by atoms with Crippen molar-refractivity contribution in [3.8, 4) is 0 Å². The third kappa shape index (κ3) is 12.3. The molecule has 0 amide bonds. The molecule has 1 saturated heterocycles. The number of carbonyl (C=O) groups is 4. The fourth-order valence-corrected chi connectivity index (χ4v) is 19.9. The maximum atomic E-state index is 16.0. The molecule has 4 aliphatic carbocycles. The number of esters is 4. The molecule has 10 nitrogen and oxygen atoms in total. The number of carbonyl (C=O) groups excluding carboxylic acids is 4. The second kappa shape index (κ2) is 27.1. The fourth-order valence-electron chi connectivity index (χ4n) is 19.9. The first kappa shape index (κ1) is 66.5. The predicted octanol–water partition coefficient (Wildman–Crippen LogP) is 21.9. The zero-order chi connectivity index (χ0) is 70.3. The van der Waals surface area contributed by atoms with Crippen LogP contribution in [0.15, 0.2) is 230 Å². The molecule has 12 aromatic carbocycles. The van der Waals surface area contributed by atoms with Crippen molar-refractivity contribution >= 4 is 110 Å². The van der Waals surface area contributed by atoms with Gasteiger partial charge in [-0.3, -0.25) is 0 Å². The van der Waals surface area contributed by atoms with Crippen LogP contribution in [-0.4, -0.2) is 67.3 Å². The van der Waals surface area contributed by atoms with E-state index in [1.165, 1.54) is 50.5 Å². The average Bonchev–Trinajstić information content (AvgIpc) is 1.67. The Morgan fingerprint density at radius 1 is 0.447 bits per heavy atom. The summed E-state index contributed by atoms with van der Waals surface area (Å²) in [5.41, 5.74) is 2.71. The van der Waals surface area contributed by atoms with Gasteiger partial charge in [0.2, 0.25) is 0 Å². The second-order valence-corrected chi connectivity index (χ2v) is 31.4. The maximum absolute atomic E-state index is 16.0. The maximum Gasteiger partial charge on any atom is 0.339 e. The summed E-state index contributed by atoms with van der Waals surface area (Å²) in [5.74, 6) is 1.09. The van der Waals surface area contributed by atoms with Crippen molar-refractivity contribution in [2.24, 2.45) is 46.3 Å². The van der Waals surface area contributed by atoms with E-state index < -0.39 is 67.3 Å². The number of benzene rings is 12. The van der Waals surface area contributed by atoms with E-state index >= 15 is 19.2 Å². The summed E-state index contributed by atoms with van der Waals surface area (Å²) in [7, 11) is 0. The van der Waals surface area contributed by atoms with Crippen LogP contribution in [0.5, 0.6) is 0 Å². The minimum absolute atomic E-state index is 0.0530. The van der Waals surface area contributed by atoms with Crippen molar-refractivity contribution in [1.82, 2.24) is 0 Å². The van der Waals surface area contributed by atoms with Crippen LogP contribution in [0.4, 0.5) is 0 Å². The smallest absolute Gasteiger partial charge is 0.339 e. The van der Waals surface area contributed by atoms with E-state index in [2.05, 4.69) is 52.8 Å². The molecule has 5 aliphatic rings. The molecule has 1 heterocycles. The van der Waals surface area contributed by atoms with E-state index in [1.807, 2.05) is 182 Å². The standard InChI is InChI=1S/C93H88O10/c1-55(2)19-14-20-56(3)80-39-40-81-75-38-37-69-53-70(41-43-92(69,4)82(75)42-44-93(80,81)5)99-91-86(103-90(97)74-36-18-32-68-48-60-24-9-13-28-64(60)52-79(68)74)85(102-89(96)73-35-17-31-67-47-59-23-8-12-27-63(59)51-78(67)73)84(101-88(95)72-34-16-30-66-46-58-22-7-11-26-62(58)50-77(66)72)83(100-91)54-98-87(94)71-33-15-29-65-45-57-21-6-10-25-61(57)49-76(65)71/h6-13,15-18,21-37,45-52,55-56,70,75,80-86,91H,14,19-20,38-44,53-54H2,1-5H3/t56-,70+,75+,80-,81+,82+,83-,84-,85+,86-,91-,92+,93-/m1/s1. The molecule has 10 heteroatoms. The Kier molecular flexibility index (Phi) is 17.5. The molecule has 12 aromatic rings. The van der Waals surface area contributed by atoms with Crippen LogP contribution in [-0.2, 0) is 28.4 Å². The fraction of sp³-hybridized carbons (Fsp3) is 0.333. The van der Waals surface area contributed by atoms with Crippen molar-refractivity contribution in [2.45, 2.75) is 142 Å². The Bertz CT molecular complexity index is 5380. The molecule has 0 N–H and O–H groups in total. The van der Waals surface area contributed by atoms with Crippen molar-refractivity contribution < 1.29 is 47.6 Å². The van der Waals surface area contributed by atoms with Gasteiger partial charge in [0.15, 0.2) is 24.6 Å². The number of fused-ring (bicyclic) bond motifs is 13. The summed E-state index contributed by atoms with van der Waals surface area (Å²) in [6, 6.07) is 70.1. The minimum Gasteiger partial charge on any atom is -0.459 e. The molecular formula is C93H88O10. The van der Waals surface area contributed by atoms with Gasteiger partial charge >= 0.3 is 23.9 Å². The molecular weight excluding hydrogens is 1280 g/mol. The van der Waals surface area contributed by atoms with Gasteiger partial charge < -0.3 is 28.4 Å². The lowest BCUT2D eigenvalue weighted by molar-refractivity contribution is -0.310. The molecule has 4 fully saturated rings. The van der Waals surface area contributed by atoms with Gasteiger partial charge in [-0.2, -0.15) is 0 Å². The molecule has 17 rings (SSSR count). The molecule has 1 aliphatic heterocycles. The summed E-state index contributed by atoms with van der Waals surface area (Å²) in [6.07, 6.45) is 6.53. The van der Waals surface area contributed by atoms with Crippen LogP contribution >= 0.6 is 0 Å². The van der Waals surface area contributed by atoms with Crippen LogP contribution in [0.25, 0.3) is 86.2 Å². The zero-order valence-corrected chi connectivity index (χ0v) is 59.4. The highest BCUT2D eigenvalue weighted by atomic mass is 16.7. The predicted molar refractivity (Wildman–Crippen MR) is 410 cm³/mol. The molecule has 520 valence electrons. The van der Waals surface area contributed by atoms with Crippen molar-refractivity contribution in [3.05, 3.63) is 252 Å². The van der Waals surface area contributed by atoms with Crippen LogP contribution < -0.4 is 0 Å². The summed E-state index contributed by atoms with van der Waals surface area (Å²) in [4.78, 5) is 62.8. The zero-order valence-electron chi connectivity index (χ0n) is 59.4. The number of allylic oxidation sites excluding steroid dienone is 1. The van der Waals surface area contributed by atoms with Gasteiger partial charge in [0.1, 0.15) is 12.7 Å². The number of hydrogen-bond acceptors (Lipinski definition) is 10. The topological polar surface area (TPSA) is 124 Å². The highest BCUT2D eigenvalue weighted by Gasteiger charge is 2.60. The van der Waals surface area contributed by atoms with Crippen molar-refractivity contribution in [2.75, 3.05) is 6.61 Å². The largest absolute Gasteiger partial charge is 0.459 e. The number of rotatable bonds is 16.